The van der Waals surface area contributed by atoms with Crippen LogP contribution in [-0.2, 0) is 33.5 Å². The van der Waals surface area contributed by atoms with Gasteiger partial charge in [0.25, 0.3) is 0 Å². The molecule has 6 radical (unpaired) electrons. The van der Waals surface area contributed by atoms with Gasteiger partial charge in [-0.1, -0.05) is 17.4 Å². The van der Waals surface area contributed by atoms with Crippen LogP contribution in [0.25, 0.3) is 44.5 Å². The number of hydrogen-bond donors (Lipinski definition) is 2. The standard InChI is InChI=1S/C31H31B3FN7O4/c1-5-40-13-19(26(35)39-40)24-22(15-6-9-20-16(10-15)14-46-30(20,2)3)23-25-21(12-36-27(23)38-24)42(31(32,33)34)29(44)41(25)18-8-7-17(11-18)37-28(43)45-4/h6,9-10,12-13,17-18H,5,7-8,11,14H2,1-4H3,(H,36,38)(H,37,43)/t17-,18-/m1/s1. The molecule has 2 aliphatic rings. The van der Waals surface area contributed by atoms with Crippen molar-refractivity contribution in [1.82, 2.24) is 34.2 Å². The first-order valence-corrected chi connectivity index (χ1v) is 15.2. The number of hydrogen-bond acceptors (Lipinski definition) is 6. The van der Waals surface area contributed by atoms with Gasteiger partial charge in [-0.2, -0.15) is 4.39 Å². The number of aromatic nitrogens is 6. The number of carbonyl (C=O) groups excluding carboxylic acids is 1. The molecular formula is C31H31B3FN7O4. The lowest BCUT2D eigenvalue weighted by atomic mass is 9.49. The predicted octanol–water partition coefficient (Wildman–Crippen LogP) is 3.66. The monoisotopic (exact) mass is 617 g/mol. The number of H-pyrrole nitrogens is 1. The first-order valence-electron chi connectivity index (χ1n) is 15.2. The lowest BCUT2D eigenvalue weighted by molar-refractivity contribution is -0.00789. The van der Waals surface area contributed by atoms with Crippen LogP contribution in [0.1, 0.15) is 57.2 Å². The van der Waals surface area contributed by atoms with Gasteiger partial charge in [-0.25, -0.2) is 14.6 Å². The van der Waals surface area contributed by atoms with Crippen LogP contribution < -0.4 is 11.0 Å². The number of ether oxygens (including phenoxy) is 2. The van der Waals surface area contributed by atoms with Crippen molar-refractivity contribution in [2.24, 2.45) is 0 Å². The minimum Gasteiger partial charge on any atom is -0.453 e. The van der Waals surface area contributed by atoms with Crippen LogP contribution in [-0.4, -0.2) is 71.7 Å². The van der Waals surface area contributed by atoms with Crippen molar-refractivity contribution < 1.29 is 18.7 Å². The molecule has 11 nitrogen and oxygen atoms in total. The summed E-state index contributed by atoms with van der Waals surface area (Å²) >= 11 is 0. The highest BCUT2D eigenvalue weighted by molar-refractivity contribution is 6.56. The van der Waals surface area contributed by atoms with Gasteiger partial charge in [0.1, 0.15) is 5.65 Å². The maximum atomic E-state index is 15.5. The highest BCUT2D eigenvalue weighted by atomic mass is 19.1. The summed E-state index contributed by atoms with van der Waals surface area (Å²) in [6, 6.07) is 5.43. The van der Waals surface area contributed by atoms with Gasteiger partial charge in [-0.15, -0.1) is 5.10 Å². The van der Waals surface area contributed by atoms with E-state index < -0.39 is 28.6 Å². The number of benzene rings is 1. The second-order valence-corrected chi connectivity index (χ2v) is 12.6. The zero-order valence-electron chi connectivity index (χ0n) is 26.1. The van der Waals surface area contributed by atoms with Crippen molar-refractivity contribution >= 4 is 51.7 Å². The average molecular weight is 617 g/mol. The van der Waals surface area contributed by atoms with Gasteiger partial charge >= 0.3 is 11.8 Å². The third-order valence-corrected chi connectivity index (χ3v) is 9.26. The van der Waals surface area contributed by atoms with E-state index in [1.165, 1.54) is 18.0 Å². The number of rotatable bonds is 6. The summed E-state index contributed by atoms with van der Waals surface area (Å²) in [6.45, 7) is 6.79. The summed E-state index contributed by atoms with van der Waals surface area (Å²) in [4.78, 5) is 34.2. The molecule has 1 aliphatic carbocycles. The van der Waals surface area contributed by atoms with Crippen LogP contribution in [0, 0.1) is 5.95 Å². The molecule has 2 atom stereocenters. The fraction of sp³-hybridized carbons (Fsp3) is 0.419. The van der Waals surface area contributed by atoms with E-state index in [-0.39, 0.29) is 17.6 Å². The van der Waals surface area contributed by atoms with Crippen LogP contribution in [0.4, 0.5) is 9.18 Å². The summed E-state index contributed by atoms with van der Waals surface area (Å²) in [5.41, 5.74) is 4.40. The van der Waals surface area contributed by atoms with Crippen molar-refractivity contribution in [2.45, 2.75) is 76.1 Å². The smallest absolute Gasteiger partial charge is 0.407 e. The number of aryl methyl sites for hydroxylation is 1. The largest absolute Gasteiger partial charge is 0.453 e. The number of methoxy groups -OCH3 is 1. The van der Waals surface area contributed by atoms with Crippen molar-refractivity contribution in [3.05, 3.63) is 58.2 Å². The number of imidazole rings is 1. The highest BCUT2D eigenvalue weighted by Gasteiger charge is 2.35. The molecule has 0 spiro atoms. The molecule has 1 amide bonds. The molecule has 46 heavy (non-hydrogen) atoms. The maximum absolute atomic E-state index is 15.5. The van der Waals surface area contributed by atoms with Crippen molar-refractivity contribution in [1.29, 1.82) is 0 Å². The number of alkyl carbamates (subject to hydrolysis) is 1. The Labute approximate surface area is 268 Å². The molecule has 1 saturated carbocycles. The molecule has 7 rings (SSSR count). The maximum Gasteiger partial charge on any atom is 0.407 e. The molecule has 0 bridgehead atoms. The minimum absolute atomic E-state index is 0.228. The van der Waals surface area contributed by atoms with E-state index in [0.29, 0.717) is 65.7 Å². The van der Waals surface area contributed by atoms with Crippen LogP contribution in [0.5, 0.6) is 0 Å². The number of fused-ring (bicyclic) bond motifs is 4. The Bertz CT molecular complexity index is 2090. The number of aromatic amines is 1. The zero-order valence-corrected chi connectivity index (χ0v) is 26.1. The summed E-state index contributed by atoms with van der Waals surface area (Å²) < 4.78 is 30.7. The summed E-state index contributed by atoms with van der Waals surface area (Å²) in [5, 5.41) is 5.41. The number of nitrogens with one attached hydrogen (secondary N) is 2. The molecule has 4 aromatic heterocycles. The summed E-state index contributed by atoms with van der Waals surface area (Å²) in [6.07, 6.45) is 4.21. The Morgan fingerprint density at radius 1 is 1.28 bits per heavy atom. The Kier molecular flexibility index (Phi) is 7.04. The van der Waals surface area contributed by atoms with Gasteiger partial charge in [0.2, 0.25) is 5.95 Å². The normalized spacial score (nSPS) is 19.2. The number of pyridine rings is 1. The fourth-order valence-electron chi connectivity index (χ4n) is 7.12. The third-order valence-electron chi connectivity index (χ3n) is 9.26. The number of halogens is 1. The van der Waals surface area contributed by atoms with Crippen LogP contribution in [0.15, 0.2) is 35.4 Å². The molecule has 230 valence electrons. The Morgan fingerprint density at radius 2 is 2.07 bits per heavy atom. The molecule has 15 heteroatoms. The lowest BCUT2D eigenvalue weighted by Crippen LogP contribution is -2.43. The van der Waals surface area contributed by atoms with Crippen LogP contribution in [0.3, 0.4) is 0 Å². The van der Waals surface area contributed by atoms with Crippen LogP contribution in [0.2, 0.25) is 0 Å². The molecule has 0 saturated heterocycles. The average Bonchev–Trinajstić information content (AvgIpc) is 3.81. The Hall–Kier alpha value is -4.26. The van der Waals surface area contributed by atoms with E-state index in [4.69, 9.17) is 33.0 Å². The summed E-state index contributed by atoms with van der Waals surface area (Å²) in [7, 11) is 19.9. The molecule has 1 aromatic carbocycles. The second kappa shape index (κ2) is 10.6. The highest BCUT2D eigenvalue weighted by Crippen LogP contribution is 2.45. The molecule has 2 N–H and O–H groups in total. The van der Waals surface area contributed by atoms with E-state index >= 15 is 4.39 Å². The van der Waals surface area contributed by atoms with Gasteiger partial charge < -0.3 is 24.3 Å². The first-order chi connectivity index (χ1) is 21.8. The molecule has 1 aliphatic heterocycles. The fourth-order valence-corrected chi connectivity index (χ4v) is 7.12. The zero-order chi connectivity index (χ0) is 32.7. The topological polar surface area (TPSA) is 121 Å². The van der Waals surface area contributed by atoms with Crippen LogP contribution >= 0.6 is 0 Å². The van der Waals surface area contributed by atoms with Gasteiger partial charge in [0, 0.05) is 30.4 Å². The summed E-state index contributed by atoms with van der Waals surface area (Å²) in [5.74, 6) is -0.649. The van der Waals surface area contributed by atoms with Crippen molar-refractivity contribution in [3.8, 4) is 22.4 Å². The van der Waals surface area contributed by atoms with E-state index in [0.717, 1.165) is 21.3 Å². The van der Waals surface area contributed by atoms with E-state index in [2.05, 4.69) is 20.4 Å². The third kappa shape index (κ3) is 4.69. The molecule has 1 fully saturated rings. The molecule has 0 unspecified atom stereocenters. The predicted molar refractivity (Wildman–Crippen MR) is 173 cm³/mol. The Balaban J connectivity index is 1.55. The molecule has 5 heterocycles. The van der Waals surface area contributed by atoms with Gasteiger partial charge in [0.05, 0.1) is 76.7 Å². The number of amides is 1. The second-order valence-electron chi connectivity index (χ2n) is 12.6. The number of nitrogens with zero attached hydrogens (tertiary/aromatic N) is 5. The SMILES string of the molecule is [B]C([B])([B])n1c(=O)n([C@@H]2CC[C@@H](NC(=O)OC)C2)c2c3c(-c4ccc5c(c4)COC5(C)C)c(-c4cn(CC)nc4F)[nH]c3ncc21. The van der Waals surface area contributed by atoms with Crippen molar-refractivity contribution in [3.63, 3.8) is 0 Å². The van der Waals surface area contributed by atoms with Crippen molar-refractivity contribution in [2.75, 3.05) is 7.11 Å². The molecule has 5 aromatic rings. The lowest BCUT2D eigenvalue weighted by Gasteiger charge is -2.22. The number of carbonyl (C=O) groups is 1. The van der Waals surface area contributed by atoms with Gasteiger partial charge in [-0.3, -0.25) is 9.25 Å². The molecular weight excluding hydrogens is 586 g/mol. The van der Waals surface area contributed by atoms with Gasteiger partial charge in [0.15, 0.2) is 0 Å². The quantitative estimate of drug-likeness (QED) is 0.281. The van der Waals surface area contributed by atoms with E-state index in [9.17, 15) is 9.59 Å². The first kappa shape index (κ1) is 30.4. The van der Waals surface area contributed by atoms with E-state index in [1.54, 1.807) is 10.8 Å². The van der Waals surface area contributed by atoms with E-state index in [1.807, 2.05) is 39.0 Å². The van der Waals surface area contributed by atoms with Gasteiger partial charge in [-0.05, 0) is 62.8 Å². The minimum atomic E-state index is -2.05. The Morgan fingerprint density at radius 3 is 2.76 bits per heavy atom.